The van der Waals surface area contributed by atoms with Gasteiger partial charge in [0.15, 0.2) is 0 Å². The van der Waals surface area contributed by atoms with E-state index in [0.717, 1.165) is 5.56 Å². The van der Waals surface area contributed by atoms with E-state index < -0.39 is 0 Å². The van der Waals surface area contributed by atoms with Crippen LogP contribution in [0.3, 0.4) is 0 Å². The summed E-state index contributed by atoms with van der Waals surface area (Å²) in [5.74, 6) is 0.946. The highest BCUT2D eigenvalue weighted by molar-refractivity contribution is 5.91. The molecule has 2 aromatic rings. The zero-order valence-corrected chi connectivity index (χ0v) is 12.8. The van der Waals surface area contributed by atoms with Gasteiger partial charge in [-0.3, -0.25) is 0 Å². The van der Waals surface area contributed by atoms with Crippen LogP contribution in [0.15, 0.2) is 48.5 Å². The van der Waals surface area contributed by atoms with E-state index in [4.69, 9.17) is 9.47 Å². The number of benzene rings is 2. The third kappa shape index (κ3) is 3.63. The first-order valence-electron chi connectivity index (χ1n) is 6.87. The fourth-order valence-corrected chi connectivity index (χ4v) is 2.06. The molecule has 0 aliphatic carbocycles. The topological polar surface area (TPSA) is 35.5 Å². The van der Waals surface area contributed by atoms with E-state index in [2.05, 4.69) is 20.8 Å². The Balaban J connectivity index is 2.23. The highest BCUT2D eigenvalue weighted by atomic mass is 16.5. The molecule has 2 aromatic carbocycles. The van der Waals surface area contributed by atoms with Gasteiger partial charge in [0.2, 0.25) is 0 Å². The van der Waals surface area contributed by atoms with Crippen molar-refractivity contribution in [2.75, 3.05) is 7.11 Å². The zero-order chi connectivity index (χ0) is 15.5. The van der Waals surface area contributed by atoms with Crippen molar-refractivity contribution in [3.05, 3.63) is 59.7 Å². The predicted octanol–water partition coefficient (Wildman–Crippen LogP) is 4.21. The van der Waals surface area contributed by atoms with Crippen molar-refractivity contribution < 1.29 is 14.3 Å². The van der Waals surface area contributed by atoms with Gasteiger partial charge in [-0.25, -0.2) is 4.79 Å². The molecule has 0 fully saturated rings. The maximum Gasteiger partial charge on any atom is 0.343 e. The van der Waals surface area contributed by atoms with E-state index in [1.807, 2.05) is 24.3 Å². The lowest BCUT2D eigenvalue weighted by Crippen LogP contribution is -2.16. The van der Waals surface area contributed by atoms with Crippen LogP contribution < -0.4 is 9.47 Å². The van der Waals surface area contributed by atoms with Gasteiger partial charge in [0.1, 0.15) is 11.5 Å². The minimum Gasteiger partial charge on any atom is -0.497 e. The van der Waals surface area contributed by atoms with Crippen molar-refractivity contribution >= 4 is 5.97 Å². The van der Waals surface area contributed by atoms with Crippen molar-refractivity contribution in [3.63, 3.8) is 0 Å². The molecule has 0 amide bonds. The van der Waals surface area contributed by atoms with E-state index in [1.54, 1.807) is 31.4 Å². The number of carbonyl (C=O) groups is 1. The molecule has 21 heavy (non-hydrogen) atoms. The van der Waals surface area contributed by atoms with Crippen LogP contribution in [-0.2, 0) is 5.41 Å². The van der Waals surface area contributed by atoms with Crippen LogP contribution in [0.5, 0.6) is 11.5 Å². The molecular formula is C18H20O3. The molecule has 0 saturated heterocycles. The van der Waals surface area contributed by atoms with E-state index in [9.17, 15) is 4.79 Å². The normalized spacial score (nSPS) is 11.0. The molecular weight excluding hydrogens is 264 g/mol. The van der Waals surface area contributed by atoms with Gasteiger partial charge >= 0.3 is 5.97 Å². The number of ether oxygens (including phenoxy) is 2. The molecule has 0 radical (unpaired) electrons. The Bertz CT molecular complexity index is 622. The number of hydrogen-bond donors (Lipinski definition) is 0. The molecule has 3 nitrogen and oxygen atoms in total. The molecule has 0 N–H and O–H groups in total. The Hall–Kier alpha value is -2.29. The third-order valence-electron chi connectivity index (χ3n) is 3.22. The fraction of sp³-hybridized carbons (Fsp3) is 0.278. The van der Waals surface area contributed by atoms with E-state index in [-0.39, 0.29) is 11.4 Å². The molecule has 110 valence electrons. The molecule has 0 aromatic heterocycles. The summed E-state index contributed by atoms with van der Waals surface area (Å²) in [6.07, 6.45) is 0. The first-order chi connectivity index (χ1) is 9.91. The van der Waals surface area contributed by atoms with Gasteiger partial charge in [0, 0.05) is 5.56 Å². The lowest BCUT2D eigenvalue weighted by atomic mass is 9.86. The largest absolute Gasteiger partial charge is 0.497 e. The monoisotopic (exact) mass is 284 g/mol. The Morgan fingerprint density at radius 1 is 0.952 bits per heavy atom. The maximum absolute atomic E-state index is 12.2. The summed E-state index contributed by atoms with van der Waals surface area (Å²) < 4.78 is 10.6. The Morgan fingerprint density at radius 3 is 2.14 bits per heavy atom. The third-order valence-corrected chi connectivity index (χ3v) is 3.22. The second-order valence-corrected chi connectivity index (χ2v) is 5.86. The first-order valence-corrected chi connectivity index (χ1v) is 6.87. The van der Waals surface area contributed by atoms with Gasteiger partial charge in [-0.15, -0.1) is 0 Å². The van der Waals surface area contributed by atoms with Gasteiger partial charge < -0.3 is 9.47 Å². The lowest BCUT2D eigenvalue weighted by Gasteiger charge is -2.22. The van der Waals surface area contributed by atoms with Crippen LogP contribution in [0.4, 0.5) is 0 Å². The second kappa shape index (κ2) is 6.00. The van der Waals surface area contributed by atoms with Crippen molar-refractivity contribution in [2.24, 2.45) is 0 Å². The van der Waals surface area contributed by atoms with Crippen molar-refractivity contribution in [1.82, 2.24) is 0 Å². The Morgan fingerprint density at radius 2 is 1.57 bits per heavy atom. The Kier molecular flexibility index (Phi) is 4.32. The number of esters is 1. The van der Waals surface area contributed by atoms with Gasteiger partial charge in [0.05, 0.1) is 12.7 Å². The van der Waals surface area contributed by atoms with Crippen LogP contribution in [0.25, 0.3) is 0 Å². The highest BCUT2D eigenvalue weighted by Gasteiger charge is 2.20. The second-order valence-electron chi connectivity index (χ2n) is 5.86. The molecule has 0 atom stereocenters. The summed E-state index contributed by atoms with van der Waals surface area (Å²) in [6.45, 7) is 6.27. The zero-order valence-electron chi connectivity index (χ0n) is 12.8. The summed E-state index contributed by atoms with van der Waals surface area (Å²) in [5, 5.41) is 0. The smallest absolute Gasteiger partial charge is 0.343 e. The molecule has 0 unspecified atom stereocenters. The summed E-state index contributed by atoms with van der Waals surface area (Å²) >= 11 is 0. The predicted molar refractivity (Wildman–Crippen MR) is 83.1 cm³/mol. The molecule has 0 saturated carbocycles. The quantitative estimate of drug-likeness (QED) is 0.625. The lowest BCUT2D eigenvalue weighted by molar-refractivity contribution is 0.0732. The van der Waals surface area contributed by atoms with E-state index in [0.29, 0.717) is 17.1 Å². The number of hydrogen-bond acceptors (Lipinski definition) is 3. The maximum atomic E-state index is 12.2. The summed E-state index contributed by atoms with van der Waals surface area (Å²) in [6, 6.07) is 14.5. The number of para-hydroxylation sites is 1. The number of rotatable bonds is 3. The molecule has 0 bridgehead atoms. The Labute approximate surface area is 125 Å². The minimum absolute atomic E-state index is 0.0865. The van der Waals surface area contributed by atoms with Crippen LogP contribution >= 0.6 is 0 Å². The molecule has 0 spiro atoms. The summed E-state index contributed by atoms with van der Waals surface area (Å²) in [7, 11) is 1.59. The summed E-state index contributed by atoms with van der Waals surface area (Å²) in [4.78, 5) is 12.2. The summed E-state index contributed by atoms with van der Waals surface area (Å²) in [5.41, 5.74) is 1.42. The van der Waals surface area contributed by atoms with Crippen molar-refractivity contribution in [1.29, 1.82) is 0 Å². The van der Waals surface area contributed by atoms with Gasteiger partial charge in [-0.1, -0.05) is 39.0 Å². The molecule has 0 aliphatic rings. The fourth-order valence-electron chi connectivity index (χ4n) is 2.06. The van der Waals surface area contributed by atoms with E-state index in [1.165, 1.54) is 0 Å². The highest BCUT2D eigenvalue weighted by Crippen LogP contribution is 2.31. The van der Waals surface area contributed by atoms with Gasteiger partial charge in [0.25, 0.3) is 0 Å². The molecule has 3 heteroatoms. The molecule has 0 heterocycles. The average molecular weight is 284 g/mol. The van der Waals surface area contributed by atoms with Crippen LogP contribution in [0, 0.1) is 0 Å². The van der Waals surface area contributed by atoms with Gasteiger partial charge in [-0.2, -0.15) is 0 Å². The van der Waals surface area contributed by atoms with Crippen LogP contribution in [0.1, 0.15) is 36.7 Å². The van der Waals surface area contributed by atoms with Crippen molar-refractivity contribution in [2.45, 2.75) is 26.2 Å². The van der Waals surface area contributed by atoms with Crippen molar-refractivity contribution in [3.8, 4) is 11.5 Å². The van der Waals surface area contributed by atoms with E-state index >= 15 is 0 Å². The number of methoxy groups -OCH3 is 1. The first kappa shape index (κ1) is 15.1. The molecule has 0 aliphatic heterocycles. The van der Waals surface area contributed by atoms with Crippen LogP contribution in [0.2, 0.25) is 0 Å². The average Bonchev–Trinajstić information content (AvgIpc) is 2.47. The minimum atomic E-state index is -0.366. The standard InChI is InChI=1S/C18H20O3/c1-18(2,3)15-7-5-6-8-16(15)21-17(19)13-9-11-14(20-4)12-10-13/h5-12H,1-4H3. The SMILES string of the molecule is COc1ccc(C(=O)Oc2ccccc2C(C)(C)C)cc1. The molecule has 2 rings (SSSR count). The van der Waals surface area contributed by atoms with Crippen LogP contribution in [-0.4, -0.2) is 13.1 Å². The van der Waals surface area contributed by atoms with Gasteiger partial charge in [-0.05, 0) is 35.7 Å². The number of carbonyl (C=O) groups excluding carboxylic acids is 1.